The van der Waals surface area contributed by atoms with Gasteiger partial charge in [0.25, 0.3) is 0 Å². The zero-order valence-corrected chi connectivity index (χ0v) is 14.1. The lowest BCUT2D eigenvalue weighted by Crippen LogP contribution is -2.22. The van der Waals surface area contributed by atoms with Gasteiger partial charge in [0.1, 0.15) is 11.5 Å². The van der Waals surface area contributed by atoms with Gasteiger partial charge in [-0.2, -0.15) is 0 Å². The summed E-state index contributed by atoms with van der Waals surface area (Å²) in [5.41, 5.74) is 2.20. The fourth-order valence-corrected chi connectivity index (χ4v) is 2.24. The van der Waals surface area contributed by atoms with Crippen LogP contribution in [-0.4, -0.2) is 26.7 Å². The molecule has 2 aromatic rings. The van der Waals surface area contributed by atoms with Gasteiger partial charge in [-0.25, -0.2) is 0 Å². The van der Waals surface area contributed by atoms with Crippen LogP contribution in [0.2, 0.25) is 0 Å². The van der Waals surface area contributed by atoms with Crippen molar-refractivity contribution in [3.63, 3.8) is 0 Å². The summed E-state index contributed by atoms with van der Waals surface area (Å²) in [5, 5.41) is 2.89. The van der Waals surface area contributed by atoms with Crippen LogP contribution in [0.15, 0.2) is 54.6 Å². The quantitative estimate of drug-likeness (QED) is 0.597. The monoisotopic (exact) mass is 325 g/mol. The summed E-state index contributed by atoms with van der Waals surface area (Å²) in [6.07, 6.45) is 5.16. The molecule has 0 aliphatic carbocycles. The van der Waals surface area contributed by atoms with E-state index in [0.29, 0.717) is 6.54 Å². The maximum absolute atomic E-state index is 11.8. The van der Waals surface area contributed by atoms with Crippen molar-refractivity contribution in [3.8, 4) is 11.5 Å². The molecule has 0 saturated carbocycles. The number of aryl methyl sites for hydroxylation is 1. The van der Waals surface area contributed by atoms with E-state index >= 15 is 0 Å². The molecule has 0 fully saturated rings. The summed E-state index contributed by atoms with van der Waals surface area (Å²) in [6, 6.07) is 15.5. The SMILES string of the molecule is COc1ccc(/C=C/C(=O)NCCCc2ccc(OC)cc2)cc1. The Morgan fingerprint density at radius 2 is 1.54 bits per heavy atom. The highest BCUT2D eigenvalue weighted by atomic mass is 16.5. The molecule has 4 nitrogen and oxygen atoms in total. The average Bonchev–Trinajstić information content (AvgIpc) is 2.64. The van der Waals surface area contributed by atoms with Crippen LogP contribution in [0.1, 0.15) is 17.5 Å². The fourth-order valence-electron chi connectivity index (χ4n) is 2.24. The molecule has 0 saturated heterocycles. The van der Waals surface area contributed by atoms with Crippen molar-refractivity contribution >= 4 is 12.0 Å². The Kier molecular flexibility index (Phi) is 6.90. The number of methoxy groups -OCH3 is 2. The number of amides is 1. The summed E-state index contributed by atoms with van der Waals surface area (Å²) in [5.74, 6) is 1.58. The zero-order chi connectivity index (χ0) is 17.2. The summed E-state index contributed by atoms with van der Waals surface area (Å²) >= 11 is 0. The normalized spacial score (nSPS) is 10.6. The van der Waals surface area contributed by atoms with Crippen LogP contribution in [0.25, 0.3) is 6.08 Å². The van der Waals surface area contributed by atoms with Crippen LogP contribution in [0.4, 0.5) is 0 Å². The first-order valence-electron chi connectivity index (χ1n) is 7.94. The molecule has 0 atom stereocenters. The first-order valence-corrected chi connectivity index (χ1v) is 7.94. The zero-order valence-electron chi connectivity index (χ0n) is 14.1. The van der Waals surface area contributed by atoms with Crippen molar-refractivity contribution in [2.45, 2.75) is 12.8 Å². The molecule has 1 N–H and O–H groups in total. The number of hydrogen-bond acceptors (Lipinski definition) is 3. The predicted octanol–water partition coefficient (Wildman–Crippen LogP) is 3.47. The Hall–Kier alpha value is -2.75. The van der Waals surface area contributed by atoms with Gasteiger partial charge >= 0.3 is 0 Å². The Morgan fingerprint density at radius 1 is 0.958 bits per heavy atom. The number of nitrogens with one attached hydrogen (secondary N) is 1. The van der Waals surface area contributed by atoms with Crippen LogP contribution >= 0.6 is 0 Å². The van der Waals surface area contributed by atoms with Gasteiger partial charge in [0.2, 0.25) is 5.91 Å². The molecule has 0 bridgehead atoms. The molecule has 2 rings (SSSR count). The van der Waals surface area contributed by atoms with Crippen LogP contribution < -0.4 is 14.8 Å². The minimum Gasteiger partial charge on any atom is -0.497 e. The van der Waals surface area contributed by atoms with E-state index in [1.54, 1.807) is 26.4 Å². The van der Waals surface area contributed by atoms with Crippen molar-refractivity contribution in [2.24, 2.45) is 0 Å². The largest absolute Gasteiger partial charge is 0.497 e. The molecule has 24 heavy (non-hydrogen) atoms. The van der Waals surface area contributed by atoms with Crippen LogP contribution in [0, 0.1) is 0 Å². The number of carbonyl (C=O) groups excluding carboxylic acids is 1. The van der Waals surface area contributed by atoms with Crippen molar-refractivity contribution in [1.82, 2.24) is 5.32 Å². The van der Waals surface area contributed by atoms with E-state index in [2.05, 4.69) is 5.32 Å². The third-order valence-corrected chi connectivity index (χ3v) is 3.64. The Balaban J connectivity index is 1.69. The predicted molar refractivity (Wildman–Crippen MR) is 96.4 cm³/mol. The van der Waals surface area contributed by atoms with E-state index in [9.17, 15) is 4.79 Å². The van der Waals surface area contributed by atoms with Crippen LogP contribution in [-0.2, 0) is 11.2 Å². The second kappa shape index (κ2) is 9.40. The van der Waals surface area contributed by atoms with Gasteiger partial charge in [0, 0.05) is 12.6 Å². The molecular formula is C20H23NO3. The lowest BCUT2D eigenvalue weighted by atomic mass is 10.1. The number of carbonyl (C=O) groups is 1. The van der Waals surface area contributed by atoms with Crippen molar-refractivity contribution < 1.29 is 14.3 Å². The number of hydrogen-bond donors (Lipinski definition) is 1. The van der Waals surface area contributed by atoms with Crippen LogP contribution in [0.5, 0.6) is 11.5 Å². The molecule has 0 aliphatic rings. The van der Waals surface area contributed by atoms with E-state index in [1.165, 1.54) is 5.56 Å². The van der Waals surface area contributed by atoms with E-state index in [0.717, 1.165) is 29.9 Å². The molecule has 0 unspecified atom stereocenters. The fraction of sp³-hybridized carbons (Fsp3) is 0.250. The standard InChI is InChI=1S/C20H23NO3/c1-23-18-10-5-16(6-11-18)4-3-15-21-20(22)14-9-17-7-12-19(24-2)13-8-17/h5-14H,3-4,15H2,1-2H3,(H,21,22)/b14-9+. The van der Waals surface area contributed by atoms with Gasteiger partial charge in [-0.3, -0.25) is 4.79 Å². The van der Waals surface area contributed by atoms with Crippen molar-refractivity contribution in [1.29, 1.82) is 0 Å². The van der Waals surface area contributed by atoms with Gasteiger partial charge < -0.3 is 14.8 Å². The van der Waals surface area contributed by atoms with Crippen molar-refractivity contribution in [2.75, 3.05) is 20.8 Å². The molecule has 2 aromatic carbocycles. The molecule has 126 valence electrons. The summed E-state index contributed by atoms with van der Waals surface area (Å²) in [7, 11) is 3.29. The summed E-state index contributed by atoms with van der Waals surface area (Å²) < 4.78 is 10.2. The molecule has 0 aliphatic heterocycles. The van der Waals surface area contributed by atoms with E-state index in [4.69, 9.17) is 9.47 Å². The molecule has 4 heteroatoms. The molecule has 0 aromatic heterocycles. The summed E-state index contributed by atoms with van der Waals surface area (Å²) in [6.45, 7) is 0.651. The molecule has 1 amide bonds. The maximum Gasteiger partial charge on any atom is 0.243 e. The van der Waals surface area contributed by atoms with Crippen LogP contribution in [0.3, 0.4) is 0 Å². The van der Waals surface area contributed by atoms with Gasteiger partial charge in [0.05, 0.1) is 14.2 Å². The molecular weight excluding hydrogens is 302 g/mol. The number of ether oxygens (including phenoxy) is 2. The topological polar surface area (TPSA) is 47.6 Å². The molecule has 0 radical (unpaired) electrons. The smallest absolute Gasteiger partial charge is 0.243 e. The van der Waals surface area contributed by atoms with E-state index in [-0.39, 0.29) is 5.91 Å². The minimum atomic E-state index is -0.0828. The second-order valence-electron chi connectivity index (χ2n) is 5.35. The van der Waals surface area contributed by atoms with Gasteiger partial charge in [-0.05, 0) is 54.3 Å². The highest BCUT2D eigenvalue weighted by molar-refractivity contribution is 5.91. The van der Waals surface area contributed by atoms with E-state index < -0.39 is 0 Å². The minimum absolute atomic E-state index is 0.0828. The highest BCUT2D eigenvalue weighted by Crippen LogP contribution is 2.13. The molecule has 0 spiro atoms. The number of benzene rings is 2. The van der Waals surface area contributed by atoms with E-state index in [1.807, 2.05) is 48.5 Å². The second-order valence-corrected chi connectivity index (χ2v) is 5.35. The number of rotatable bonds is 8. The molecule has 0 heterocycles. The summed E-state index contributed by atoms with van der Waals surface area (Å²) in [4.78, 5) is 11.8. The Bertz CT molecular complexity index is 660. The van der Waals surface area contributed by atoms with Crippen molar-refractivity contribution in [3.05, 3.63) is 65.7 Å². The lowest BCUT2D eigenvalue weighted by molar-refractivity contribution is -0.116. The van der Waals surface area contributed by atoms with Gasteiger partial charge in [0.15, 0.2) is 0 Å². The maximum atomic E-state index is 11.8. The Morgan fingerprint density at radius 3 is 2.12 bits per heavy atom. The average molecular weight is 325 g/mol. The lowest BCUT2D eigenvalue weighted by Gasteiger charge is -2.04. The van der Waals surface area contributed by atoms with Gasteiger partial charge in [-0.1, -0.05) is 24.3 Å². The third kappa shape index (κ3) is 5.80. The van der Waals surface area contributed by atoms with Gasteiger partial charge in [-0.15, -0.1) is 0 Å². The highest BCUT2D eigenvalue weighted by Gasteiger charge is 1.98. The first kappa shape index (κ1) is 17.6. The third-order valence-electron chi connectivity index (χ3n) is 3.64. The Labute approximate surface area is 143 Å². The first-order chi connectivity index (χ1) is 11.7.